The standard InChI is InChI=1S/C19H20N4O5S/c1-29(27,28)23-16-4-2-3-14(11-16)6-5-13-7-9-15(10-8-13)18(24)21-17(12-20)19(25)22-26/h2-4,7-11,17,23,26H,12,20H2,1H3,(H,21,24)(H,22,25)/t17-/m0/s1. The van der Waals surface area contributed by atoms with Gasteiger partial charge in [0.2, 0.25) is 10.0 Å². The molecular weight excluding hydrogens is 396 g/mol. The number of carbonyl (C=O) groups excluding carboxylic acids is 2. The Morgan fingerprint density at radius 3 is 2.34 bits per heavy atom. The van der Waals surface area contributed by atoms with Gasteiger partial charge in [0.15, 0.2) is 0 Å². The molecule has 0 heterocycles. The van der Waals surface area contributed by atoms with Gasteiger partial charge in [0.1, 0.15) is 6.04 Å². The molecule has 0 aliphatic heterocycles. The van der Waals surface area contributed by atoms with Crippen LogP contribution < -0.4 is 21.3 Å². The first kappa shape index (κ1) is 21.9. The Labute approximate surface area is 168 Å². The predicted octanol–water partition coefficient (Wildman–Crippen LogP) is 0.0204. The Kier molecular flexibility index (Phi) is 7.33. The van der Waals surface area contributed by atoms with Crippen LogP contribution in [-0.2, 0) is 14.8 Å². The van der Waals surface area contributed by atoms with E-state index in [2.05, 4.69) is 21.9 Å². The van der Waals surface area contributed by atoms with Crippen LogP contribution in [-0.4, -0.2) is 44.3 Å². The van der Waals surface area contributed by atoms with E-state index in [-0.39, 0.29) is 6.54 Å². The molecule has 2 amide bonds. The van der Waals surface area contributed by atoms with Crippen molar-refractivity contribution in [2.45, 2.75) is 6.04 Å². The van der Waals surface area contributed by atoms with E-state index in [1.807, 2.05) is 0 Å². The third-order valence-electron chi connectivity index (χ3n) is 3.63. The molecule has 29 heavy (non-hydrogen) atoms. The number of sulfonamides is 1. The molecular formula is C19H20N4O5S. The van der Waals surface area contributed by atoms with Gasteiger partial charge in [-0.1, -0.05) is 17.9 Å². The molecule has 0 spiro atoms. The highest BCUT2D eigenvalue weighted by atomic mass is 32.2. The van der Waals surface area contributed by atoms with Crippen molar-refractivity contribution in [1.29, 1.82) is 0 Å². The van der Waals surface area contributed by atoms with Gasteiger partial charge in [-0.2, -0.15) is 0 Å². The Morgan fingerprint density at radius 2 is 1.76 bits per heavy atom. The second-order valence-corrected chi connectivity index (χ2v) is 7.77. The molecule has 152 valence electrons. The maximum atomic E-state index is 12.2. The number of carbonyl (C=O) groups is 2. The summed E-state index contributed by atoms with van der Waals surface area (Å²) in [6.45, 7) is -0.172. The number of hydrogen-bond donors (Lipinski definition) is 5. The van der Waals surface area contributed by atoms with Crippen LogP contribution in [0.2, 0.25) is 0 Å². The normalized spacial score (nSPS) is 11.6. The highest BCUT2D eigenvalue weighted by Crippen LogP contribution is 2.11. The van der Waals surface area contributed by atoms with E-state index in [1.165, 1.54) is 17.6 Å². The third-order valence-corrected chi connectivity index (χ3v) is 4.24. The summed E-state index contributed by atoms with van der Waals surface area (Å²) in [5, 5.41) is 11.0. The fourth-order valence-electron chi connectivity index (χ4n) is 2.27. The van der Waals surface area contributed by atoms with Crippen molar-refractivity contribution in [1.82, 2.24) is 10.8 Å². The average molecular weight is 416 g/mol. The minimum absolute atomic E-state index is 0.172. The zero-order valence-electron chi connectivity index (χ0n) is 15.5. The maximum absolute atomic E-state index is 12.2. The first-order chi connectivity index (χ1) is 13.7. The molecule has 0 bridgehead atoms. The van der Waals surface area contributed by atoms with Crippen molar-refractivity contribution in [2.75, 3.05) is 17.5 Å². The van der Waals surface area contributed by atoms with Crippen molar-refractivity contribution < 1.29 is 23.2 Å². The molecule has 0 saturated carbocycles. The second-order valence-electron chi connectivity index (χ2n) is 6.02. The molecule has 0 aromatic heterocycles. The van der Waals surface area contributed by atoms with Crippen LogP contribution in [0.25, 0.3) is 0 Å². The minimum Gasteiger partial charge on any atom is -0.339 e. The SMILES string of the molecule is CS(=O)(=O)Nc1cccc(C#Cc2ccc(C(=O)N[C@@H](CN)C(=O)NO)cc2)c1. The van der Waals surface area contributed by atoms with Crippen LogP contribution in [0.5, 0.6) is 0 Å². The van der Waals surface area contributed by atoms with Crippen molar-refractivity contribution in [3.63, 3.8) is 0 Å². The average Bonchev–Trinajstić information content (AvgIpc) is 2.69. The minimum atomic E-state index is -3.37. The van der Waals surface area contributed by atoms with Gasteiger partial charge >= 0.3 is 0 Å². The first-order valence-corrected chi connectivity index (χ1v) is 10.3. The largest absolute Gasteiger partial charge is 0.339 e. The lowest BCUT2D eigenvalue weighted by molar-refractivity contribution is -0.130. The van der Waals surface area contributed by atoms with Crippen molar-refractivity contribution in [2.24, 2.45) is 5.73 Å². The monoisotopic (exact) mass is 416 g/mol. The molecule has 0 saturated heterocycles. The molecule has 2 aromatic carbocycles. The molecule has 9 nitrogen and oxygen atoms in total. The van der Waals surface area contributed by atoms with Gasteiger partial charge in [0.05, 0.1) is 6.26 Å². The fourth-order valence-corrected chi connectivity index (χ4v) is 2.83. The number of nitrogens with one attached hydrogen (secondary N) is 3. The van der Waals surface area contributed by atoms with Crippen LogP contribution in [0.3, 0.4) is 0 Å². The lowest BCUT2D eigenvalue weighted by Gasteiger charge is -2.14. The summed E-state index contributed by atoms with van der Waals surface area (Å²) in [6.07, 6.45) is 1.06. The predicted molar refractivity (Wildman–Crippen MR) is 108 cm³/mol. The molecule has 0 unspecified atom stereocenters. The summed E-state index contributed by atoms with van der Waals surface area (Å²) in [5.41, 5.74) is 8.78. The van der Waals surface area contributed by atoms with E-state index in [9.17, 15) is 18.0 Å². The third kappa shape index (κ3) is 6.93. The summed E-state index contributed by atoms with van der Waals surface area (Å²) in [7, 11) is -3.37. The van der Waals surface area contributed by atoms with Crippen LogP contribution in [0.15, 0.2) is 48.5 Å². The van der Waals surface area contributed by atoms with Gasteiger partial charge in [-0.25, -0.2) is 13.9 Å². The molecule has 0 aliphatic rings. The van der Waals surface area contributed by atoms with Crippen molar-refractivity contribution in [3.05, 3.63) is 65.2 Å². The Bertz CT molecular complexity index is 1060. The van der Waals surface area contributed by atoms with Crippen LogP contribution in [0.1, 0.15) is 21.5 Å². The molecule has 0 aliphatic carbocycles. The molecule has 0 fully saturated rings. The summed E-state index contributed by atoms with van der Waals surface area (Å²) in [6, 6.07) is 11.9. The van der Waals surface area contributed by atoms with Crippen LogP contribution in [0, 0.1) is 11.8 Å². The van der Waals surface area contributed by atoms with Crippen LogP contribution >= 0.6 is 0 Å². The molecule has 6 N–H and O–H groups in total. The quantitative estimate of drug-likeness (QED) is 0.254. The second kappa shape index (κ2) is 9.70. The van der Waals surface area contributed by atoms with Crippen LogP contribution in [0.4, 0.5) is 5.69 Å². The van der Waals surface area contributed by atoms with Gasteiger partial charge in [-0.15, -0.1) is 0 Å². The highest BCUT2D eigenvalue weighted by molar-refractivity contribution is 7.92. The van der Waals surface area contributed by atoms with E-state index >= 15 is 0 Å². The van der Waals surface area contributed by atoms with Gasteiger partial charge in [-0.05, 0) is 42.5 Å². The fraction of sp³-hybridized carbons (Fsp3) is 0.158. The molecule has 2 aromatic rings. The Hall–Kier alpha value is -3.39. The number of benzene rings is 2. The summed E-state index contributed by atoms with van der Waals surface area (Å²) in [5.74, 6) is 4.50. The number of hydroxylamine groups is 1. The molecule has 0 radical (unpaired) electrons. The van der Waals surface area contributed by atoms with Gasteiger partial charge < -0.3 is 11.1 Å². The number of anilines is 1. The summed E-state index contributed by atoms with van der Waals surface area (Å²) in [4.78, 5) is 23.5. The maximum Gasteiger partial charge on any atom is 0.267 e. The lowest BCUT2D eigenvalue weighted by atomic mass is 10.1. The van der Waals surface area contributed by atoms with E-state index in [4.69, 9.17) is 10.9 Å². The smallest absolute Gasteiger partial charge is 0.267 e. The number of hydrogen-bond acceptors (Lipinski definition) is 6. The lowest BCUT2D eigenvalue weighted by Crippen LogP contribution is -2.50. The zero-order chi connectivity index (χ0) is 21.4. The van der Waals surface area contributed by atoms with Crippen molar-refractivity contribution >= 4 is 27.5 Å². The number of amides is 2. The molecule has 1 atom stereocenters. The Balaban J connectivity index is 2.09. The van der Waals surface area contributed by atoms with E-state index < -0.39 is 27.9 Å². The van der Waals surface area contributed by atoms with Gasteiger partial charge in [0.25, 0.3) is 11.8 Å². The summed E-state index contributed by atoms with van der Waals surface area (Å²) < 4.78 is 25.0. The van der Waals surface area contributed by atoms with E-state index in [0.717, 1.165) is 6.26 Å². The molecule has 10 heteroatoms. The van der Waals surface area contributed by atoms with Crippen molar-refractivity contribution in [3.8, 4) is 11.8 Å². The topological polar surface area (TPSA) is 151 Å². The Morgan fingerprint density at radius 1 is 1.10 bits per heavy atom. The zero-order valence-corrected chi connectivity index (χ0v) is 16.3. The first-order valence-electron chi connectivity index (χ1n) is 8.36. The number of nitrogens with two attached hydrogens (primary N) is 1. The molecule has 2 rings (SSSR count). The highest BCUT2D eigenvalue weighted by Gasteiger charge is 2.19. The summed E-state index contributed by atoms with van der Waals surface area (Å²) >= 11 is 0. The van der Waals surface area contributed by atoms with Gasteiger partial charge in [0, 0.05) is 28.9 Å². The van der Waals surface area contributed by atoms with Gasteiger partial charge in [-0.3, -0.25) is 19.5 Å². The number of rotatable bonds is 6. The van der Waals surface area contributed by atoms with E-state index in [0.29, 0.717) is 22.4 Å². The van der Waals surface area contributed by atoms with E-state index in [1.54, 1.807) is 36.4 Å².